The molecule has 108 valence electrons. The summed E-state index contributed by atoms with van der Waals surface area (Å²) < 4.78 is 0. The minimum atomic E-state index is -0.536. The van der Waals surface area contributed by atoms with Gasteiger partial charge in [0.15, 0.2) is 0 Å². The number of para-hydroxylation sites is 1. The Morgan fingerprint density at radius 2 is 1.86 bits per heavy atom. The number of likely N-dealkylation sites (N-methyl/N-ethyl adjacent to an activating group) is 1. The first-order valence-corrected chi connectivity index (χ1v) is 7.13. The van der Waals surface area contributed by atoms with Crippen LogP contribution in [0.15, 0.2) is 48.5 Å². The van der Waals surface area contributed by atoms with Crippen molar-refractivity contribution in [2.24, 2.45) is 5.73 Å². The van der Waals surface area contributed by atoms with Crippen LogP contribution >= 0.6 is 0 Å². The van der Waals surface area contributed by atoms with E-state index in [2.05, 4.69) is 24.0 Å². The van der Waals surface area contributed by atoms with Crippen molar-refractivity contribution in [3.8, 4) is 0 Å². The zero-order chi connectivity index (χ0) is 15.0. The van der Waals surface area contributed by atoms with Crippen molar-refractivity contribution in [2.45, 2.75) is 13.0 Å². The first-order valence-electron chi connectivity index (χ1n) is 7.13. The smallest absolute Gasteiger partial charge is 0.248 e. The molecule has 1 unspecified atom stereocenters. The number of anilines is 3. The van der Waals surface area contributed by atoms with Crippen molar-refractivity contribution in [1.82, 2.24) is 0 Å². The molecule has 0 aliphatic carbocycles. The molecule has 2 N–H and O–H groups in total. The predicted molar refractivity (Wildman–Crippen MR) is 85.9 cm³/mol. The molecule has 0 aromatic heterocycles. The molecule has 1 atom stereocenters. The fourth-order valence-corrected chi connectivity index (χ4v) is 2.84. The van der Waals surface area contributed by atoms with Gasteiger partial charge in [0.2, 0.25) is 5.91 Å². The van der Waals surface area contributed by atoms with Gasteiger partial charge >= 0.3 is 0 Å². The summed E-state index contributed by atoms with van der Waals surface area (Å²) in [5, 5.41) is 0. The Balaban J connectivity index is 2.03. The molecule has 0 radical (unpaired) electrons. The number of rotatable bonds is 3. The second kappa shape index (κ2) is 5.22. The summed E-state index contributed by atoms with van der Waals surface area (Å²) in [5.74, 6) is -0.0510. The van der Waals surface area contributed by atoms with Crippen molar-refractivity contribution >= 4 is 23.0 Å². The SMILES string of the molecule is CCN(c1ccccc1)c1ccc2c(c1)N(C)C(=O)C2N. The van der Waals surface area contributed by atoms with Gasteiger partial charge in [-0.3, -0.25) is 4.79 Å². The molecule has 2 aromatic carbocycles. The molecule has 4 heteroatoms. The van der Waals surface area contributed by atoms with Crippen molar-refractivity contribution in [1.29, 1.82) is 0 Å². The summed E-state index contributed by atoms with van der Waals surface area (Å²) in [7, 11) is 1.77. The molecule has 3 rings (SSSR count). The van der Waals surface area contributed by atoms with Gasteiger partial charge in [-0.2, -0.15) is 0 Å². The first-order chi connectivity index (χ1) is 10.1. The minimum Gasteiger partial charge on any atom is -0.342 e. The van der Waals surface area contributed by atoms with E-state index in [0.29, 0.717) is 0 Å². The molecule has 0 bridgehead atoms. The van der Waals surface area contributed by atoms with Crippen molar-refractivity contribution in [3.63, 3.8) is 0 Å². The van der Waals surface area contributed by atoms with E-state index in [1.165, 1.54) is 0 Å². The Morgan fingerprint density at radius 3 is 2.52 bits per heavy atom. The molecule has 4 nitrogen and oxygen atoms in total. The lowest BCUT2D eigenvalue weighted by molar-refractivity contribution is -0.118. The number of carbonyl (C=O) groups excluding carboxylic acids is 1. The molecule has 1 aliphatic heterocycles. The van der Waals surface area contributed by atoms with E-state index in [0.717, 1.165) is 29.2 Å². The second-order valence-corrected chi connectivity index (χ2v) is 5.20. The third-order valence-electron chi connectivity index (χ3n) is 4.00. The van der Waals surface area contributed by atoms with Crippen LogP contribution in [0.4, 0.5) is 17.1 Å². The number of nitrogens with zero attached hydrogens (tertiary/aromatic N) is 2. The third kappa shape index (κ3) is 2.17. The van der Waals surface area contributed by atoms with Gasteiger partial charge in [0, 0.05) is 30.5 Å². The lowest BCUT2D eigenvalue weighted by atomic mass is 10.1. The highest BCUT2D eigenvalue weighted by Gasteiger charge is 2.32. The number of hydrogen-bond donors (Lipinski definition) is 1. The maximum atomic E-state index is 12.0. The van der Waals surface area contributed by atoms with Gasteiger partial charge in [0.1, 0.15) is 6.04 Å². The van der Waals surface area contributed by atoms with Gasteiger partial charge < -0.3 is 15.5 Å². The summed E-state index contributed by atoms with van der Waals surface area (Å²) in [6.45, 7) is 2.97. The average Bonchev–Trinajstić information content (AvgIpc) is 2.74. The van der Waals surface area contributed by atoms with Gasteiger partial charge in [-0.15, -0.1) is 0 Å². The lowest BCUT2D eigenvalue weighted by Crippen LogP contribution is -2.27. The highest BCUT2D eigenvalue weighted by atomic mass is 16.2. The van der Waals surface area contributed by atoms with Crippen LogP contribution in [0.3, 0.4) is 0 Å². The van der Waals surface area contributed by atoms with Crippen molar-refractivity contribution in [2.75, 3.05) is 23.4 Å². The van der Waals surface area contributed by atoms with E-state index in [1.54, 1.807) is 11.9 Å². The van der Waals surface area contributed by atoms with Crippen LogP contribution in [0.2, 0.25) is 0 Å². The van der Waals surface area contributed by atoms with E-state index in [1.807, 2.05) is 36.4 Å². The zero-order valence-electron chi connectivity index (χ0n) is 12.3. The van der Waals surface area contributed by atoms with Crippen LogP contribution in [0.25, 0.3) is 0 Å². The van der Waals surface area contributed by atoms with Crippen molar-refractivity contribution < 1.29 is 4.79 Å². The molecule has 0 spiro atoms. The van der Waals surface area contributed by atoms with Crippen LogP contribution in [-0.2, 0) is 4.79 Å². The van der Waals surface area contributed by atoms with Crippen LogP contribution in [-0.4, -0.2) is 19.5 Å². The summed E-state index contributed by atoms with van der Waals surface area (Å²) in [6.07, 6.45) is 0. The number of amides is 1. The third-order valence-corrected chi connectivity index (χ3v) is 4.00. The molecule has 21 heavy (non-hydrogen) atoms. The van der Waals surface area contributed by atoms with E-state index in [9.17, 15) is 4.79 Å². The Morgan fingerprint density at radius 1 is 1.14 bits per heavy atom. The van der Waals surface area contributed by atoms with Crippen LogP contribution < -0.4 is 15.5 Å². The first kappa shape index (κ1) is 13.6. The highest BCUT2D eigenvalue weighted by molar-refractivity contribution is 6.04. The summed E-state index contributed by atoms with van der Waals surface area (Å²) in [4.78, 5) is 15.8. The standard InChI is InChI=1S/C17H19N3O/c1-3-20(12-7-5-4-6-8-12)13-9-10-14-15(11-13)19(2)17(21)16(14)18/h4-11,16H,3,18H2,1-2H3. The average molecular weight is 281 g/mol. The monoisotopic (exact) mass is 281 g/mol. The fourth-order valence-electron chi connectivity index (χ4n) is 2.84. The number of hydrogen-bond acceptors (Lipinski definition) is 3. The Hall–Kier alpha value is -2.33. The van der Waals surface area contributed by atoms with Crippen LogP contribution in [0.5, 0.6) is 0 Å². The molecule has 0 fully saturated rings. The molecular formula is C17H19N3O. The number of carbonyl (C=O) groups is 1. The van der Waals surface area contributed by atoms with E-state index >= 15 is 0 Å². The topological polar surface area (TPSA) is 49.6 Å². The van der Waals surface area contributed by atoms with Crippen LogP contribution in [0, 0.1) is 0 Å². The quantitative estimate of drug-likeness (QED) is 0.941. The molecule has 0 saturated carbocycles. The fraction of sp³-hybridized carbons (Fsp3) is 0.235. The molecular weight excluding hydrogens is 262 g/mol. The summed E-state index contributed by atoms with van der Waals surface area (Å²) in [6, 6.07) is 15.7. The molecule has 2 aromatic rings. The van der Waals surface area contributed by atoms with E-state index in [-0.39, 0.29) is 5.91 Å². The maximum Gasteiger partial charge on any atom is 0.248 e. The van der Waals surface area contributed by atoms with E-state index < -0.39 is 6.04 Å². The predicted octanol–water partition coefficient (Wildman–Crippen LogP) is 2.82. The second-order valence-electron chi connectivity index (χ2n) is 5.20. The number of fused-ring (bicyclic) bond motifs is 1. The van der Waals surface area contributed by atoms with Gasteiger partial charge in [0.05, 0.1) is 5.69 Å². The van der Waals surface area contributed by atoms with Gasteiger partial charge in [-0.1, -0.05) is 24.3 Å². The highest BCUT2D eigenvalue weighted by Crippen LogP contribution is 2.37. The van der Waals surface area contributed by atoms with Gasteiger partial charge in [-0.05, 0) is 31.2 Å². The van der Waals surface area contributed by atoms with Gasteiger partial charge in [0.25, 0.3) is 0 Å². The van der Waals surface area contributed by atoms with Crippen LogP contribution in [0.1, 0.15) is 18.5 Å². The normalized spacial score (nSPS) is 17.0. The Bertz CT molecular complexity index is 669. The largest absolute Gasteiger partial charge is 0.342 e. The van der Waals surface area contributed by atoms with Crippen molar-refractivity contribution in [3.05, 3.63) is 54.1 Å². The molecule has 1 aliphatic rings. The van der Waals surface area contributed by atoms with Gasteiger partial charge in [-0.25, -0.2) is 0 Å². The molecule has 1 heterocycles. The lowest BCUT2D eigenvalue weighted by Gasteiger charge is -2.24. The summed E-state index contributed by atoms with van der Waals surface area (Å²) in [5.41, 5.74) is 9.95. The number of benzene rings is 2. The van der Waals surface area contributed by atoms with E-state index in [4.69, 9.17) is 5.73 Å². The molecule has 0 saturated heterocycles. The maximum absolute atomic E-state index is 12.0. The number of nitrogens with two attached hydrogens (primary N) is 1. The Kier molecular flexibility index (Phi) is 3.39. The molecule has 1 amide bonds. The minimum absolute atomic E-state index is 0.0510. The summed E-state index contributed by atoms with van der Waals surface area (Å²) >= 11 is 0. The Labute approximate surface area is 124 Å². The zero-order valence-corrected chi connectivity index (χ0v) is 12.3.